The summed E-state index contributed by atoms with van der Waals surface area (Å²) in [5.74, 6) is 0.578. The lowest BCUT2D eigenvalue weighted by molar-refractivity contribution is 0.220. The van der Waals surface area contributed by atoms with E-state index in [4.69, 9.17) is 4.74 Å². The molecule has 2 aromatic rings. The average molecular weight is 272 g/mol. The lowest BCUT2D eigenvalue weighted by Crippen LogP contribution is -2.18. The third-order valence-corrected chi connectivity index (χ3v) is 3.82. The summed E-state index contributed by atoms with van der Waals surface area (Å²) in [6.07, 6.45) is -0.753. The molecule has 0 radical (unpaired) electrons. The molecule has 0 spiro atoms. The fourth-order valence-electron chi connectivity index (χ4n) is 2.55. The summed E-state index contributed by atoms with van der Waals surface area (Å²) >= 11 is 0. The van der Waals surface area contributed by atoms with Gasteiger partial charge in [0, 0.05) is 11.0 Å². The average Bonchev–Trinajstić information content (AvgIpc) is 2.74. The molecule has 104 valence electrons. The summed E-state index contributed by atoms with van der Waals surface area (Å²) in [7, 11) is 0. The predicted molar refractivity (Wildman–Crippen MR) is 75.4 cm³/mol. The van der Waals surface area contributed by atoms with Crippen molar-refractivity contribution in [2.24, 2.45) is 0 Å². The molecule has 1 unspecified atom stereocenters. The Hall–Kier alpha value is -1.87. The van der Waals surface area contributed by atoms with Crippen LogP contribution in [0.1, 0.15) is 36.6 Å². The zero-order valence-electron chi connectivity index (χ0n) is 11.6. The van der Waals surface area contributed by atoms with E-state index in [2.05, 4.69) is 13.8 Å². The Labute approximate surface area is 117 Å². The van der Waals surface area contributed by atoms with Crippen molar-refractivity contribution in [3.63, 3.8) is 0 Å². The molecule has 3 heteroatoms. The van der Waals surface area contributed by atoms with Crippen LogP contribution >= 0.6 is 0 Å². The minimum atomic E-state index is -0.753. The van der Waals surface area contributed by atoms with Gasteiger partial charge in [0.15, 0.2) is 0 Å². The molecule has 0 saturated heterocycles. The van der Waals surface area contributed by atoms with Gasteiger partial charge in [0.1, 0.15) is 17.7 Å². The van der Waals surface area contributed by atoms with Gasteiger partial charge in [-0.25, -0.2) is 4.39 Å². The van der Waals surface area contributed by atoms with Crippen LogP contribution in [-0.2, 0) is 5.41 Å². The van der Waals surface area contributed by atoms with E-state index in [1.165, 1.54) is 12.1 Å². The number of rotatable bonds is 2. The minimum absolute atomic E-state index is 0.0478. The van der Waals surface area contributed by atoms with Crippen LogP contribution in [0.15, 0.2) is 42.5 Å². The lowest BCUT2D eigenvalue weighted by Gasteiger charge is -2.18. The van der Waals surface area contributed by atoms with Crippen LogP contribution in [0.5, 0.6) is 5.75 Å². The van der Waals surface area contributed by atoms with Crippen molar-refractivity contribution < 1.29 is 14.2 Å². The van der Waals surface area contributed by atoms with Crippen LogP contribution in [0, 0.1) is 5.82 Å². The van der Waals surface area contributed by atoms with Crippen molar-refractivity contribution in [1.82, 2.24) is 0 Å². The summed E-state index contributed by atoms with van der Waals surface area (Å²) in [5, 5.41) is 10.4. The van der Waals surface area contributed by atoms with Gasteiger partial charge in [0.25, 0.3) is 0 Å². The second-order valence-corrected chi connectivity index (χ2v) is 5.88. The van der Waals surface area contributed by atoms with Gasteiger partial charge in [-0.1, -0.05) is 32.0 Å². The number of aliphatic hydroxyl groups is 1. The predicted octanol–water partition coefficient (Wildman–Crippen LogP) is 3.58. The first-order valence-electron chi connectivity index (χ1n) is 6.68. The Kier molecular flexibility index (Phi) is 3.02. The fraction of sp³-hybridized carbons (Fsp3) is 0.294. The van der Waals surface area contributed by atoms with Crippen LogP contribution in [-0.4, -0.2) is 11.7 Å². The second-order valence-electron chi connectivity index (χ2n) is 5.88. The summed E-state index contributed by atoms with van der Waals surface area (Å²) < 4.78 is 18.6. The zero-order chi connectivity index (χ0) is 14.3. The first kappa shape index (κ1) is 13.1. The first-order valence-corrected chi connectivity index (χ1v) is 6.68. The van der Waals surface area contributed by atoms with Crippen LogP contribution in [0.2, 0.25) is 0 Å². The van der Waals surface area contributed by atoms with Crippen LogP contribution < -0.4 is 4.74 Å². The fourth-order valence-corrected chi connectivity index (χ4v) is 2.55. The van der Waals surface area contributed by atoms with E-state index in [0.717, 1.165) is 16.9 Å². The molecule has 1 aliphatic rings. The molecular formula is C17H17FO2. The number of aliphatic hydroxyl groups excluding tert-OH is 1. The van der Waals surface area contributed by atoms with E-state index in [1.807, 2.05) is 18.2 Å². The molecule has 1 heterocycles. The maximum atomic E-state index is 12.9. The van der Waals surface area contributed by atoms with Gasteiger partial charge in [0.05, 0.1) is 6.61 Å². The SMILES string of the molecule is CC1(C)COc2ccc(C(O)c3ccc(F)cc3)cc21. The molecule has 1 aliphatic heterocycles. The number of hydrogen-bond donors (Lipinski definition) is 1. The van der Waals surface area contributed by atoms with Gasteiger partial charge in [-0.05, 0) is 35.4 Å². The number of ether oxygens (including phenoxy) is 1. The molecular weight excluding hydrogens is 255 g/mol. The standard InChI is InChI=1S/C17H17FO2/c1-17(2)10-20-15-8-5-12(9-14(15)17)16(19)11-3-6-13(18)7-4-11/h3-9,16,19H,10H2,1-2H3. The molecule has 3 rings (SSSR count). The van der Waals surface area contributed by atoms with Gasteiger partial charge in [-0.3, -0.25) is 0 Å². The molecule has 1 N–H and O–H groups in total. The van der Waals surface area contributed by atoms with Crippen LogP contribution in [0.25, 0.3) is 0 Å². The molecule has 0 aliphatic carbocycles. The van der Waals surface area contributed by atoms with E-state index < -0.39 is 6.10 Å². The molecule has 20 heavy (non-hydrogen) atoms. The van der Waals surface area contributed by atoms with Gasteiger partial charge in [0.2, 0.25) is 0 Å². The molecule has 0 amide bonds. The van der Waals surface area contributed by atoms with Gasteiger partial charge >= 0.3 is 0 Å². The van der Waals surface area contributed by atoms with Crippen molar-refractivity contribution in [1.29, 1.82) is 0 Å². The maximum Gasteiger partial charge on any atom is 0.123 e. The molecule has 0 bridgehead atoms. The Balaban J connectivity index is 1.97. The van der Waals surface area contributed by atoms with E-state index in [-0.39, 0.29) is 11.2 Å². The van der Waals surface area contributed by atoms with E-state index in [9.17, 15) is 9.50 Å². The monoisotopic (exact) mass is 272 g/mol. The first-order chi connectivity index (χ1) is 9.47. The highest BCUT2D eigenvalue weighted by atomic mass is 19.1. The van der Waals surface area contributed by atoms with Gasteiger partial charge in [-0.15, -0.1) is 0 Å². The van der Waals surface area contributed by atoms with Crippen molar-refractivity contribution in [2.45, 2.75) is 25.4 Å². The highest BCUT2D eigenvalue weighted by Crippen LogP contribution is 2.40. The van der Waals surface area contributed by atoms with Crippen molar-refractivity contribution in [2.75, 3.05) is 6.61 Å². The lowest BCUT2D eigenvalue weighted by atomic mass is 9.85. The summed E-state index contributed by atoms with van der Waals surface area (Å²) in [6.45, 7) is 4.89. The molecule has 2 nitrogen and oxygen atoms in total. The number of halogens is 1. The van der Waals surface area contributed by atoms with E-state index >= 15 is 0 Å². The highest BCUT2D eigenvalue weighted by Gasteiger charge is 2.32. The smallest absolute Gasteiger partial charge is 0.123 e. The highest BCUT2D eigenvalue weighted by molar-refractivity contribution is 5.47. The Morgan fingerprint density at radius 1 is 1.10 bits per heavy atom. The van der Waals surface area contributed by atoms with E-state index in [1.54, 1.807) is 12.1 Å². The molecule has 0 aromatic heterocycles. The molecule has 1 atom stereocenters. The molecule has 0 fully saturated rings. The normalized spacial score (nSPS) is 17.4. The summed E-state index contributed by atoms with van der Waals surface area (Å²) in [6, 6.07) is 11.7. The molecule has 0 saturated carbocycles. The quantitative estimate of drug-likeness (QED) is 0.905. The minimum Gasteiger partial charge on any atom is -0.492 e. The van der Waals surface area contributed by atoms with Gasteiger partial charge < -0.3 is 9.84 Å². The second kappa shape index (κ2) is 4.60. The largest absolute Gasteiger partial charge is 0.492 e. The summed E-state index contributed by atoms with van der Waals surface area (Å²) in [5.41, 5.74) is 2.54. The van der Waals surface area contributed by atoms with Gasteiger partial charge in [-0.2, -0.15) is 0 Å². The Morgan fingerprint density at radius 2 is 1.75 bits per heavy atom. The Bertz CT molecular complexity index is 632. The topological polar surface area (TPSA) is 29.5 Å². The van der Waals surface area contributed by atoms with Crippen molar-refractivity contribution >= 4 is 0 Å². The van der Waals surface area contributed by atoms with Crippen molar-refractivity contribution in [3.05, 3.63) is 65.0 Å². The third kappa shape index (κ3) is 2.18. The Morgan fingerprint density at radius 3 is 2.45 bits per heavy atom. The van der Waals surface area contributed by atoms with E-state index in [0.29, 0.717) is 12.2 Å². The zero-order valence-corrected chi connectivity index (χ0v) is 11.6. The van der Waals surface area contributed by atoms with Crippen molar-refractivity contribution in [3.8, 4) is 5.75 Å². The van der Waals surface area contributed by atoms with Crippen LogP contribution in [0.4, 0.5) is 4.39 Å². The molecule has 2 aromatic carbocycles. The number of fused-ring (bicyclic) bond motifs is 1. The number of benzene rings is 2. The number of hydrogen-bond acceptors (Lipinski definition) is 2. The maximum absolute atomic E-state index is 12.9. The third-order valence-electron chi connectivity index (χ3n) is 3.82. The summed E-state index contributed by atoms with van der Waals surface area (Å²) in [4.78, 5) is 0. The van der Waals surface area contributed by atoms with Crippen LogP contribution in [0.3, 0.4) is 0 Å².